The first-order valence-corrected chi connectivity index (χ1v) is 10.2. The third-order valence-corrected chi connectivity index (χ3v) is 8.17. The highest BCUT2D eigenvalue weighted by Gasteiger charge is 2.29. The first-order valence-electron chi connectivity index (χ1n) is 7.32. The second-order valence-corrected chi connectivity index (χ2v) is 9.29. The number of fused-ring (bicyclic) bond motifs is 5. The summed E-state index contributed by atoms with van der Waals surface area (Å²) in [6.45, 7) is 2.55. The Hall–Kier alpha value is -0.230. The van der Waals surface area contributed by atoms with Crippen LogP contribution in [0, 0.1) is 11.8 Å². The minimum Gasteiger partial charge on any atom is -0.240 e. The largest absolute Gasteiger partial charge is 0.240 e. The predicted octanol–water partition coefficient (Wildman–Crippen LogP) is 5.07. The summed E-state index contributed by atoms with van der Waals surface area (Å²) in [5, 5.41) is 0. The number of benzene rings is 1. The normalized spacial score (nSPS) is 27.0. The van der Waals surface area contributed by atoms with Gasteiger partial charge >= 0.3 is 0 Å². The number of hydrogen-bond acceptors (Lipinski definition) is 5. The molecule has 0 spiro atoms. The summed E-state index contributed by atoms with van der Waals surface area (Å²) >= 11 is 1.81. The second kappa shape index (κ2) is 5.87. The lowest BCUT2D eigenvalue weighted by Crippen LogP contribution is -2.20. The van der Waals surface area contributed by atoms with Crippen LogP contribution in [0.15, 0.2) is 28.6 Å². The predicted molar refractivity (Wildman–Crippen MR) is 90.1 cm³/mol. The summed E-state index contributed by atoms with van der Waals surface area (Å²) < 4.78 is 5.07. The smallest absolute Gasteiger partial charge is 0.162 e. The summed E-state index contributed by atoms with van der Waals surface area (Å²) in [6, 6.07) is 8.42. The van der Waals surface area contributed by atoms with Gasteiger partial charge in [-0.1, -0.05) is 12.1 Å². The van der Waals surface area contributed by atoms with Gasteiger partial charge in [0.05, 0.1) is 10.2 Å². The topological polar surface area (TPSA) is 16.1 Å². The zero-order valence-electron chi connectivity index (χ0n) is 11.3. The summed E-state index contributed by atoms with van der Waals surface area (Å²) in [6.07, 6.45) is 5.81. The van der Waals surface area contributed by atoms with E-state index in [0.29, 0.717) is 0 Å². The molecule has 1 aromatic carbocycles. The molecule has 1 aromatic heterocycles. The number of hydrogen-bond donors (Lipinski definition) is 0. The van der Waals surface area contributed by atoms with Gasteiger partial charge in [-0.3, -0.25) is 0 Å². The van der Waals surface area contributed by atoms with E-state index in [2.05, 4.69) is 28.6 Å². The molecule has 20 heavy (non-hydrogen) atoms. The van der Waals surface area contributed by atoms with Gasteiger partial charge in [-0.05, 0) is 71.4 Å². The minimum atomic E-state index is 0.942. The Morgan fingerprint density at radius 1 is 1.05 bits per heavy atom. The molecule has 2 bridgehead atoms. The van der Waals surface area contributed by atoms with E-state index in [1.807, 2.05) is 33.1 Å². The van der Waals surface area contributed by atoms with Crippen molar-refractivity contribution in [3.8, 4) is 0 Å². The fraction of sp³-hybridized carbons (Fsp3) is 0.533. The summed E-state index contributed by atoms with van der Waals surface area (Å²) in [7, 11) is 3.77. The Bertz CT molecular complexity index is 543. The van der Waals surface area contributed by atoms with Gasteiger partial charge in [-0.2, -0.15) is 0 Å². The molecule has 5 heteroatoms. The van der Waals surface area contributed by atoms with Crippen LogP contribution in [0.25, 0.3) is 10.2 Å². The van der Waals surface area contributed by atoms with Gasteiger partial charge in [0, 0.05) is 13.1 Å². The van der Waals surface area contributed by atoms with Crippen molar-refractivity contribution < 1.29 is 0 Å². The van der Waals surface area contributed by atoms with Crippen LogP contribution in [-0.4, -0.2) is 22.4 Å². The number of nitrogens with zero attached hydrogens (tertiary/aromatic N) is 2. The van der Waals surface area contributed by atoms with Gasteiger partial charge in [0.15, 0.2) is 4.34 Å². The van der Waals surface area contributed by atoms with Crippen LogP contribution < -0.4 is 0 Å². The molecule has 2 aromatic rings. The molecule has 0 atom stereocenters. The fourth-order valence-electron chi connectivity index (χ4n) is 3.28. The Kier molecular flexibility index (Phi) is 3.94. The lowest BCUT2D eigenvalue weighted by molar-refractivity contribution is 0.326. The third kappa shape index (κ3) is 2.86. The van der Waals surface area contributed by atoms with Gasteiger partial charge in [0.1, 0.15) is 0 Å². The van der Waals surface area contributed by atoms with E-state index in [9.17, 15) is 0 Å². The van der Waals surface area contributed by atoms with Gasteiger partial charge in [0.2, 0.25) is 0 Å². The van der Waals surface area contributed by atoms with Gasteiger partial charge in [0.25, 0.3) is 0 Å². The van der Waals surface area contributed by atoms with Crippen LogP contribution in [0.5, 0.6) is 0 Å². The molecular weight excluding hydrogens is 304 g/mol. The van der Waals surface area contributed by atoms with E-state index in [1.54, 1.807) is 0 Å². The first kappa shape index (κ1) is 13.4. The average Bonchev–Trinajstić information content (AvgIpc) is 2.66. The highest BCUT2D eigenvalue weighted by Crippen LogP contribution is 2.43. The van der Waals surface area contributed by atoms with E-state index in [-0.39, 0.29) is 0 Å². The maximum absolute atomic E-state index is 4.71. The first-order chi connectivity index (χ1) is 9.87. The standard InChI is InChI=1S/C15H18N2S3/c1-2-4-14-13(3-1)16-15(18-14)19-20-17-9-11-5-6-12(10-17)8-7-11/h1-4,11-12H,5-10H2. The molecule has 2 nitrogen and oxygen atoms in total. The number of rotatable bonds is 3. The van der Waals surface area contributed by atoms with E-state index in [0.717, 1.165) is 17.4 Å². The molecule has 0 N–H and O–H groups in total. The molecule has 0 amide bonds. The fourth-order valence-corrected chi connectivity index (χ4v) is 6.79. The molecule has 3 aliphatic rings. The van der Waals surface area contributed by atoms with Gasteiger partial charge in [-0.15, -0.1) is 11.3 Å². The van der Waals surface area contributed by atoms with Crippen molar-refractivity contribution in [2.24, 2.45) is 11.8 Å². The quantitative estimate of drug-likeness (QED) is 0.579. The van der Waals surface area contributed by atoms with Gasteiger partial charge in [-0.25, -0.2) is 9.29 Å². The Morgan fingerprint density at radius 3 is 2.45 bits per heavy atom. The molecule has 3 fully saturated rings. The van der Waals surface area contributed by atoms with Crippen LogP contribution >= 0.6 is 33.1 Å². The molecule has 0 radical (unpaired) electrons. The van der Waals surface area contributed by atoms with Crippen molar-refractivity contribution in [3.63, 3.8) is 0 Å². The number of thiazole rings is 1. The van der Waals surface area contributed by atoms with Crippen molar-refractivity contribution in [2.45, 2.75) is 30.0 Å². The van der Waals surface area contributed by atoms with Crippen LogP contribution in [0.1, 0.15) is 25.7 Å². The lowest BCUT2D eigenvalue weighted by atomic mass is 9.84. The van der Waals surface area contributed by atoms with Crippen molar-refractivity contribution >= 4 is 43.3 Å². The van der Waals surface area contributed by atoms with Crippen molar-refractivity contribution in [1.82, 2.24) is 9.29 Å². The molecule has 2 saturated heterocycles. The van der Waals surface area contributed by atoms with Crippen LogP contribution in [0.3, 0.4) is 0 Å². The number of para-hydroxylation sites is 1. The van der Waals surface area contributed by atoms with E-state index in [4.69, 9.17) is 4.98 Å². The van der Waals surface area contributed by atoms with E-state index < -0.39 is 0 Å². The van der Waals surface area contributed by atoms with Crippen molar-refractivity contribution in [3.05, 3.63) is 24.3 Å². The molecule has 3 heterocycles. The molecular formula is C15H18N2S3. The van der Waals surface area contributed by atoms with Crippen molar-refractivity contribution in [2.75, 3.05) is 13.1 Å². The monoisotopic (exact) mass is 322 g/mol. The zero-order valence-corrected chi connectivity index (χ0v) is 13.8. The Balaban J connectivity index is 1.42. The maximum Gasteiger partial charge on any atom is 0.162 e. The molecule has 2 aliphatic heterocycles. The zero-order chi connectivity index (χ0) is 13.4. The van der Waals surface area contributed by atoms with Crippen LogP contribution in [0.2, 0.25) is 0 Å². The summed E-state index contributed by atoms with van der Waals surface area (Å²) in [4.78, 5) is 4.71. The maximum atomic E-state index is 4.71. The second-order valence-electron chi connectivity index (χ2n) is 5.84. The Labute approximate surface area is 131 Å². The average molecular weight is 323 g/mol. The van der Waals surface area contributed by atoms with E-state index >= 15 is 0 Å². The highest BCUT2D eigenvalue weighted by atomic mass is 33.1. The summed E-state index contributed by atoms with van der Waals surface area (Å²) in [5.74, 6) is 1.88. The molecule has 5 rings (SSSR count). The molecule has 1 aliphatic carbocycles. The molecule has 1 saturated carbocycles. The third-order valence-electron chi connectivity index (χ3n) is 4.38. The summed E-state index contributed by atoms with van der Waals surface area (Å²) in [5.41, 5.74) is 1.14. The Morgan fingerprint density at radius 2 is 1.75 bits per heavy atom. The van der Waals surface area contributed by atoms with Crippen molar-refractivity contribution in [1.29, 1.82) is 0 Å². The number of aromatic nitrogens is 1. The molecule has 0 unspecified atom stereocenters. The lowest BCUT2D eigenvalue weighted by Gasteiger charge is -2.21. The molecule has 106 valence electrons. The highest BCUT2D eigenvalue weighted by molar-refractivity contribution is 8.76. The van der Waals surface area contributed by atoms with Crippen LogP contribution in [-0.2, 0) is 0 Å². The SMILES string of the molecule is c1ccc2sc(SSN3CC4CCC(CC4)C3)nc2c1. The van der Waals surface area contributed by atoms with E-state index in [1.165, 1.54) is 47.8 Å². The minimum absolute atomic E-state index is 0.942. The van der Waals surface area contributed by atoms with Crippen LogP contribution in [0.4, 0.5) is 0 Å². The van der Waals surface area contributed by atoms with Gasteiger partial charge < -0.3 is 0 Å².